The fourth-order valence-electron chi connectivity index (χ4n) is 1.96. The Morgan fingerprint density at radius 3 is 2.61 bits per heavy atom. The summed E-state index contributed by atoms with van der Waals surface area (Å²) >= 11 is 0. The number of aromatic nitrogens is 1. The second kappa shape index (κ2) is 5.54. The summed E-state index contributed by atoms with van der Waals surface area (Å²) in [5.74, 6) is 0. The van der Waals surface area contributed by atoms with Crippen LogP contribution < -0.4 is 11.3 Å². The number of hydrogen-bond acceptors (Lipinski definition) is 2. The van der Waals surface area contributed by atoms with E-state index in [1.54, 1.807) is 4.57 Å². The van der Waals surface area contributed by atoms with Gasteiger partial charge in [-0.3, -0.25) is 4.79 Å². The molecule has 0 aliphatic rings. The van der Waals surface area contributed by atoms with Crippen LogP contribution in [0.3, 0.4) is 0 Å². The lowest BCUT2D eigenvalue weighted by Crippen LogP contribution is -2.23. The number of anilines is 1. The van der Waals surface area contributed by atoms with Gasteiger partial charge >= 0.3 is 0 Å². The lowest BCUT2D eigenvalue weighted by atomic mass is 10.1. The Morgan fingerprint density at radius 2 is 1.89 bits per heavy atom. The zero-order valence-corrected chi connectivity index (χ0v) is 10.6. The van der Waals surface area contributed by atoms with Crippen LogP contribution in [-0.4, -0.2) is 4.57 Å². The van der Waals surface area contributed by atoms with Crippen LogP contribution in [0.2, 0.25) is 0 Å². The first-order valence-electron chi connectivity index (χ1n) is 6.18. The van der Waals surface area contributed by atoms with Gasteiger partial charge in [0.05, 0.1) is 0 Å². The average Bonchev–Trinajstić information content (AvgIpc) is 2.40. The Hall–Kier alpha value is -2.03. The largest absolute Gasteiger partial charge is 0.394 e. The third-order valence-electron chi connectivity index (χ3n) is 3.13. The number of hydrogen-bond donors (Lipinski definition) is 1. The summed E-state index contributed by atoms with van der Waals surface area (Å²) in [5.41, 5.74) is 8.15. The van der Waals surface area contributed by atoms with Crippen molar-refractivity contribution in [2.45, 2.75) is 26.3 Å². The van der Waals surface area contributed by atoms with E-state index in [-0.39, 0.29) is 5.56 Å². The van der Waals surface area contributed by atoms with Gasteiger partial charge in [-0.1, -0.05) is 30.3 Å². The molecule has 0 saturated heterocycles. The van der Waals surface area contributed by atoms with E-state index >= 15 is 0 Å². The number of benzene rings is 1. The van der Waals surface area contributed by atoms with E-state index in [0.29, 0.717) is 12.2 Å². The van der Waals surface area contributed by atoms with Crippen LogP contribution in [0.4, 0.5) is 5.69 Å². The number of nitrogens with two attached hydrogens (primary N) is 1. The fraction of sp³-hybridized carbons (Fsp3) is 0.267. The molecule has 3 heteroatoms. The molecular weight excluding hydrogens is 224 g/mol. The Balaban J connectivity index is 1.99. The minimum absolute atomic E-state index is 0.0805. The highest BCUT2D eigenvalue weighted by molar-refractivity contribution is 5.42. The van der Waals surface area contributed by atoms with Crippen molar-refractivity contribution in [1.29, 1.82) is 0 Å². The topological polar surface area (TPSA) is 48.0 Å². The van der Waals surface area contributed by atoms with E-state index in [9.17, 15) is 4.79 Å². The maximum Gasteiger partial charge on any atom is 0.273 e. The van der Waals surface area contributed by atoms with E-state index in [2.05, 4.69) is 12.1 Å². The molecule has 0 radical (unpaired) electrons. The van der Waals surface area contributed by atoms with Gasteiger partial charge in [0.2, 0.25) is 0 Å². The zero-order chi connectivity index (χ0) is 13.0. The lowest BCUT2D eigenvalue weighted by Gasteiger charge is -2.08. The Labute approximate surface area is 107 Å². The summed E-state index contributed by atoms with van der Waals surface area (Å²) in [6, 6.07) is 12.2. The minimum Gasteiger partial charge on any atom is -0.394 e. The maximum atomic E-state index is 11.9. The van der Waals surface area contributed by atoms with Crippen molar-refractivity contribution in [2.75, 3.05) is 5.73 Å². The van der Waals surface area contributed by atoms with Crippen molar-refractivity contribution in [3.63, 3.8) is 0 Å². The van der Waals surface area contributed by atoms with Crippen molar-refractivity contribution in [3.8, 4) is 0 Å². The summed E-state index contributed by atoms with van der Waals surface area (Å²) in [4.78, 5) is 11.9. The highest BCUT2D eigenvalue weighted by Gasteiger charge is 2.02. The SMILES string of the molecule is Cc1ccn(CCCc2ccccc2)c(=O)c1N. The van der Waals surface area contributed by atoms with Gasteiger partial charge in [0.1, 0.15) is 5.69 Å². The van der Waals surface area contributed by atoms with E-state index < -0.39 is 0 Å². The first-order chi connectivity index (χ1) is 8.68. The van der Waals surface area contributed by atoms with Gasteiger partial charge in [-0.2, -0.15) is 0 Å². The first-order valence-corrected chi connectivity index (χ1v) is 6.18. The zero-order valence-electron chi connectivity index (χ0n) is 10.6. The molecule has 0 aliphatic heterocycles. The third-order valence-corrected chi connectivity index (χ3v) is 3.13. The summed E-state index contributed by atoms with van der Waals surface area (Å²) in [6.07, 6.45) is 3.73. The highest BCUT2D eigenvalue weighted by atomic mass is 16.1. The second-order valence-electron chi connectivity index (χ2n) is 4.50. The molecule has 0 fully saturated rings. The molecule has 1 heterocycles. The molecule has 1 aromatic carbocycles. The van der Waals surface area contributed by atoms with Gasteiger partial charge in [-0.15, -0.1) is 0 Å². The van der Waals surface area contributed by atoms with Crippen LogP contribution in [0.25, 0.3) is 0 Å². The molecule has 94 valence electrons. The molecule has 1 aromatic heterocycles. The van der Waals surface area contributed by atoms with Crippen LogP contribution in [0, 0.1) is 6.92 Å². The number of aryl methyl sites for hydroxylation is 3. The van der Waals surface area contributed by atoms with Gasteiger partial charge in [0, 0.05) is 12.7 Å². The fourth-order valence-corrected chi connectivity index (χ4v) is 1.96. The molecule has 2 rings (SSSR count). The Morgan fingerprint density at radius 1 is 1.17 bits per heavy atom. The number of nitrogen functional groups attached to an aromatic ring is 1. The van der Waals surface area contributed by atoms with E-state index in [4.69, 9.17) is 5.73 Å². The molecule has 0 aliphatic carbocycles. The normalized spacial score (nSPS) is 10.5. The lowest BCUT2D eigenvalue weighted by molar-refractivity contribution is 0.623. The van der Waals surface area contributed by atoms with E-state index in [1.807, 2.05) is 37.4 Å². The monoisotopic (exact) mass is 242 g/mol. The molecule has 18 heavy (non-hydrogen) atoms. The quantitative estimate of drug-likeness (QED) is 0.894. The van der Waals surface area contributed by atoms with Crippen LogP contribution in [0.1, 0.15) is 17.5 Å². The van der Waals surface area contributed by atoms with E-state index in [1.165, 1.54) is 5.56 Å². The second-order valence-corrected chi connectivity index (χ2v) is 4.50. The average molecular weight is 242 g/mol. The van der Waals surface area contributed by atoms with Gasteiger partial charge in [-0.05, 0) is 37.0 Å². The predicted molar refractivity (Wildman–Crippen MR) is 74.6 cm³/mol. The van der Waals surface area contributed by atoms with E-state index in [0.717, 1.165) is 18.4 Å². The summed E-state index contributed by atoms with van der Waals surface area (Å²) in [6.45, 7) is 2.56. The van der Waals surface area contributed by atoms with Gasteiger partial charge < -0.3 is 10.3 Å². The van der Waals surface area contributed by atoms with Crippen molar-refractivity contribution in [3.05, 3.63) is 64.1 Å². The van der Waals surface area contributed by atoms with Crippen LogP contribution in [-0.2, 0) is 13.0 Å². The molecule has 0 bridgehead atoms. The number of rotatable bonds is 4. The maximum absolute atomic E-state index is 11.9. The smallest absolute Gasteiger partial charge is 0.273 e. The van der Waals surface area contributed by atoms with Crippen molar-refractivity contribution >= 4 is 5.69 Å². The van der Waals surface area contributed by atoms with Gasteiger partial charge in [-0.25, -0.2) is 0 Å². The molecule has 0 saturated carbocycles. The molecule has 2 aromatic rings. The van der Waals surface area contributed by atoms with Crippen molar-refractivity contribution in [2.24, 2.45) is 0 Å². The molecular formula is C15H18N2O. The standard InChI is InChI=1S/C15H18N2O/c1-12-9-11-17(15(18)14(12)16)10-5-8-13-6-3-2-4-7-13/h2-4,6-7,9,11H,5,8,10,16H2,1H3. The van der Waals surface area contributed by atoms with Crippen molar-refractivity contribution in [1.82, 2.24) is 4.57 Å². The Kier molecular flexibility index (Phi) is 3.82. The molecule has 2 N–H and O–H groups in total. The first kappa shape index (κ1) is 12.4. The predicted octanol–water partition coefficient (Wildman–Crippen LogP) is 2.37. The summed E-state index contributed by atoms with van der Waals surface area (Å²) < 4.78 is 1.69. The van der Waals surface area contributed by atoms with Crippen LogP contribution in [0.5, 0.6) is 0 Å². The minimum atomic E-state index is -0.0805. The van der Waals surface area contributed by atoms with Gasteiger partial charge in [0.15, 0.2) is 0 Å². The summed E-state index contributed by atoms with van der Waals surface area (Å²) in [5, 5.41) is 0. The Bertz CT molecular complexity index is 573. The van der Waals surface area contributed by atoms with Crippen LogP contribution in [0.15, 0.2) is 47.4 Å². The van der Waals surface area contributed by atoms with Gasteiger partial charge in [0.25, 0.3) is 5.56 Å². The molecule has 0 spiro atoms. The number of pyridine rings is 1. The molecule has 0 unspecified atom stereocenters. The molecule has 0 amide bonds. The highest BCUT2D eigenvalue weighted by Crippen LogP contribution is 2.05. The summed E-state index contributed by atoms with van der Waals surface area (Å²) in [7, 11) is 0. The molecule has 0 atom stereocenters. The van der Waals surface area contributed by atoms with Crippen molar-refractivity contribution < 1.29 is 0 Å². The third kappa shape index (κ3) is 2.80. The number of nitrogens with zero attached hydrogens (tertiary/aromatic N) is 1. The molecule has 3 nitrogen and oxygen atoms in total. The van der Waals surface area contributed by atoms with Crippen LogP contribution >= 0.6 is 0 Å².